The summed E-state index contributed by atoms with van der Waals surface area (Å²) in [5, 5.41) is 4.08. The minimum atomic E-state index is 0.493. The lowest BCUT2D eigenvalue weighted by atomic mass is 9.90. The van der Waals surface area contributed by atoms with Gasteiger partial charge in [-0.3, -0.25) is 0 Å². The lowest BCUT2D eigenvalue weighted by Crippen LogP contribution is -2.39. The fraction of sp³-hybridized carbons (Fsp3) is 0.643. The molecule has 0 aromatic carbocycles. The normalized spacial score (nSPS) is 19.7. The van der Waals surface area contributed by atoms with E-state index in [9.17, 15) is 0 Å². The number of rotatable bonds is 4. The van der Waals surface area contributed by atoms with Crippen LogP contribution in [-0.2, 0) is 0 Å². The van der Waals surface area contributed by atoms with Gasteiger partial charge in [0.05, 0.1) is 11.9 Å². The van der Waals surface area contributed by atoms with E-state index in [-0.39, 0.29) is 0 Å². The quantitative estimate of drug-likeness (QED) is 0.849. The van der Waals surface area contributed by atoms with Crippen LogP contribution in [0.15, 0.2) is 18.3 Å². The van der Waals surface area contributed by atoms with Gasteiger partial charge in [-0.2, -0.15) is 0 Å². The number of halogens is 1. The summed E-state index contributed by atoms with van der Waals surface area (Å²) >= 11 is 5.78. The van der Waals surface area contributed by atoms with Crippen LogP contribution in [0.25, 0.3) is 0 Å². The van der Waals surface area contributed by atoms with Crippen LogP contribution in [0.3, 0.4) is 0 Å². The van der Waals surface area contributed by atoms with Crippen molar-refractivity contribution in [2.24, 2.45) is 5.92 Å². The Morgan fingerprint density at radius 2 is 2.17 bits per heavy atom. The number of likely N-dealkylation sites (tertiary alicyclic amines) is 1. The van der Waals surface area contributed by atoms with E-state index >= 15 is 0 Å². The molecule has 0 radical (unpaired) electrons. The lowest BCUT2D eigenvalue weighted by molar-refractivity contribution is 0.183. The third-order valence-electron chi connectivity index (χ3n) is 3.91. The Kier molecular flexibility index (Phi) is 4.84. The van der Waals surface area contributed by atoms with Crippen LogP contribution in [0, 0.1) is 5.92 Å². The molecule has 0 aliphatic carbocycles. The standard InChI is InChI=1S/C14H22ClN3/c1-3-18-8-6-12(7-9-18)11(2)17-13-4-5-14(15)16-10-13/h4-5,10-12,17H,3,6-9H2,1-2H3. The Hall–Kier alpha value is -0.800. The van der Waals surface area contributed by atoms with E-state index < -0.39 is 0 Å². The summed E-state index contributed by atoms with van der Waals surface area (Å²) in [4.78, 5) is 6.62. The number of hydrogen-bond donors (Lipinski definition) is 1. The maximum absolute atomic E-state index is 5.78. The molecular formula is C14H22ClN3. The van der Waals surface area contributed by atoms with Gasteiger partial charge in [0.25, 0.3) is 0 Å². The highest BCUT2D eigenvalue weighted by Crippen LogP contribution is 2.23. The average Bonchev–Trinajstić information content (AvgIpc) is 2.41. The Bertz CT molecular complexity index is 358. The topological polar surface area (TPSA) is 28.2 Å². The first kappa shape index (κ1) is 13.6. The van der Waals surface area contributed by atoms with Crippen LogP contribution in [0.4, 0.5) is 5.69 Å². The Labute approximate surface area is 115 Å². The fourth-order valence-electron chi connectivity index (χ4n) is 2.61. The molecule has 0 saturated carbocycles. The van der Waals surface area contributed by atoms with Gasteiger partial charge in [0.15, 0.2) is 0 Å². The molecule has 18 heavy (non-hydrogen) atoms. The van der Waals surface area contributed by atoms with Gasteiger partial charge < -0.3 is 10.2 Å². The largest absolute Gasteiger partial charge is 0.381 e. The smallest absolute Gasteiger partial charge is 0.129 e. The van der Waals surface area contributed by atoms with Gasteiger partial charge in [0.2, 0.25) is 0 Å². The Morgan fingerprint density at radius 1 is 1.44 bits per heavy atom. The maximum Gasteiger partial charge on any atom is 0.129 e. The first-order chi connectivity index (χ1) is 8.69. The van der Waals surface area contributed by atoms with Gasteiger partial charge >= 0.3 is 0 Å². The van der Waals surface area contributed by atoms with Crippen LogP contribution in [0.2, 0.25) is 5.15 Å². The molecule has 1 N–H and O–H groups in total. The zero-order valence-corrected chi connectivity index (χ0v) is 12.0. The Balaban J connectivity index is 1.85. The van der Waals surface area contributed by atoms with Gasteiger partial charge in [-0.25, -0.2) is 4.98 Å². The number of hydrogen-bond acceptors (Lipinski definition) is 3. The van der Waals surface area contributed by atoms with Crippen molar-refractivity contribution in [3.8, 4) is 0 Å². The molecule has 1 aliphatic heterocycles. The number of nitrogens with one attached hydrogen (secondary N) is 1. The van der Waals surface area contributed by atoms with E-state index in [1.807, 2.05) is 12.1 Å². The summed E-state index contributed by atoms with van der Waals surface area (Å²) in [7, 11) is 0. The van der Waals surface area contributed by atoms with Gasteiger partial charge in [-0.05, 0) is 57.5 Å². The third kappa shape index (κ3) is 3.59. The first-order valence-electron chi connectivity index (χ1n) is 6.79. The molecule has 1 fully saturated rings. The Morgan fingerprint density at radius 3 is 2.72 bits per heavy atom. The molecular weight excluding hydrogens is 246 g/mol. The number of pyridine rings is 1. The van der Waals surface area contributed by atoms with Crippen molar-refractivity contribution in [2.75, 3.05) is 25.0 Å². The lowest BCUT2D eigenvalue weighted by Gasteiger charge is -2.34. The van der Waals surface area contributed by atoms with Crippen molar-refractivity contribution in [1.29, 1.82) is 0 Å². The van der Waals surface area contributed by atoms with E-state index in [0.29, 0.717) is 11.2 Å². The van der Waals surface area contributed by atoms with E-state index in [2.05, 4.69) is 29.0 Å². The monoisotopic (exact) mass is 267 g/mol. The summed E-state index contributed by atoms with van der Waals surface area (Å²) in [5.41, 5.74) is 1.06. The minimum absolute atomic E-state index is 0.493. The summed E-state index contributed by atoms with van der Waals surface area (Å²) in [5.74, 6) is 0.753. The van der Waals surface area contributed by atoms with Crippen LogP contribution in [0.1, 0.15) is 26.7 Å². The molecule has 0 amide bonds. The van der Waals surface area contributed by atoms with Crippen molar-refractivity contribution in [1.82, 2.24) is 9.88 Å². The predicted molar refractivity (Wildman–Crippen MR) is 77.2 cm³/mol. The first-order valence-corrected chi connectivity index (χ1v) is 7.17. The highest BCUT2D eigenvalue weighted by molar-refractivity contribution is 6.29. The van der Waals surface area contributed by atoms with E-state index in [0.717, 1.165) is 11.6 Å². The molecule has 1 aromatic heterocycles. The zero-order chi connectivity index (χ0) is 13.0. The van der Waals surface area contributed by atoms with Crippen molar-refractivity contribution >= 4 is 17.3 Å². The van der Waals surface area contributed by atoms with Crippen molar-refractivity contribution in [3.05, 3.63) is 23.5 Å². The van der Waals surface area contributed by atoms with Crippen molar-refractivity contribution in [3.63, 3.8) is 0 Å². The molecule has 100 valence electrons. The minimum Gasteiger partial charge on any atom is -0.381 e. The molecule has 1 saturated heterocycles. The van der Waals surface area contributed by atoms with Crippen LogP contribution < -0.4 is 5.32 Å². The van der Waals surface area contributed by atoms with Gasteiger partial charge in [-0.15, -0.1) is 0 Å². The summed E-state index contributed by atoms with van der Waals surface area (Å²) in [6, 6.07) is 4.32. The second-order valence-electron chi connectivity index (χ2n) is 5.07. The average molecular weight is 268 g/mol. The van der Waals surface area contributed by atoms with E-state index in [4.69, 9.17) is 11.6 Å². The highest BCUT2D eigenvalue weighted by atomic mass is 35.5. The van der Waals surface area contributed by atoms with Crippen molar-refractivity contribution < 1.29 is 0 Å². The SMILES string of the molecule is CCN1CCC(C(C)Nc2ccc(Cl)nc2)CC1. The van der Waals surface area contributed by atoms with Gasteiger partial charge in [0, 0.05) is 6.04 Å². The summed E-state index contributed by atoms with van der Waals surface area (Å²) in [6.07, 6.45) is 4.37. The molecule has 3 nitrogen and oxygen atoms in total. The summed E-state index contributed by atoms with van der Waals surface area (Å²) < 4.78 is 0. The van der Waals surface area contributed by atoms with Crippen LogP contribution >= 0.6 is 11.6 Å². The molecule has 2 rings (SSSR count). The van der Waals surface area contributed by atoms with Crippen LogP contribution in [-0.4, -0.2) is 35.6 Å². The molecule has 0 spiro atoms. The second-order valence-corrected chi connectivity index (χ2v) is 5.46. The fourth-order valence-corrected chi connectivity index (χ4v) is 2.72. The molecule has 1 aromatic rings. The third-order valence-corrected chi connectivity index (χ3v) is 4.13. The van der Waals surface area contributed by atoms with E-state index in [1.165, 1.54) is 32.5 Å². The number of piperidine rings is 1. The van der Waals surface area contributed by atoms with Crippen LogP contribution in [0.5, 0.6) is 0 Å². The molecule has 0 bridgehead atoms. The van der Waals surface area contributed by atoms with E-state index in [1.54, 1.807) is 6.20 Å². The second kappa shape index (κ2) is 6.39. The molecule has 1 aliphatic rings. The number of anilines is 1. The number of aromatic nitrogens is 1. The maximum atomic E-state index is 5.78. The van der Waals surface area contributed by atoms with Gasteiger partial charge in [0.1, 0.15) is 5.15 Å². The molecule has 2 heterocycles. The predicted octanol–water partition coefficient (Wildman–Crippen LogP) is 3.27. The summed E-state index contributed by atoms with van der Waals surface area (Å²) in [6.45, 7) is 8.13. The zero-order valence-electron chi connectivity index (χ0n) is 11.2. The molecule has 1 atom stereocenters. The highest BCUT2D eigenvalue weighted by Gasteiger charge is 2.22. The molecule has 4 heteroatoms. The number of nitrogens with zero attached hydrogens (tertiary/aromatic N) is 2. The van der Waals surface area contributed by atoms with Gasteiger partial charge in [-0.1, -0.05) is 18.5 Å². The van der Waals surface area contributed by atoms with Crippen molar-refractivity contribution in [2.45, 2.75) is 32.7 Å². The molecule has 1 unspecified atom stereocenters.